The molecule has 0 aromatic carbocycles. The Morgan fingerprint density at radius 3 is 2.83 bits per heavy atom. The van der Waals surface area contributed by atoms with Crippen molar-refractivity contribution in [1.82, 2.24) is 15.0 Å². The maximum atomic E-state index is 8.45. The first kappa shape index (κ1) is 8.68. The zero-order valence-corrected chi connectivity index (χ0v) is 7.15. The van der Waals surface area contributed by atoms with Gasteiger partial charge in [0.05, 0.1) is 12.7 Å². The lowest BCUT2D eigenvalue weighted by atomic mass is 10.1. The van der Waals surface area contributed by atoms with Crippen LogP contribution in [0.5, 0.6) is 0 Å². The summed E-state index contributed by atoms with van der Waals surface area (Å²) in [5.41, 5.74) is 5.70. The molecule has 0 fully saturated rings. The molecule has 64 valence electrons. The molecule has 0 saturated heterocycles. The first-order valence-corrected chi connectivity index (χ1v) is 3.60. The Kier molecular flexibility index (Phi) is 2.11. The van der Waals surface area contributed by atoms with Crippen LogP contribution in [-0.4, -0.2) is 20.5 Å². The van der Waals surface area contributed by atoms with E-state index < -0.39 is 0 Å². The van der Waals surface area contributed by atoms with Crippen molar-refractivity contribution in [3.63, 3.8) is 0 Å². The van der Waals surface area contributed by atoms with Gasteiger partial charge in [-0.15, -0.1) is 5.10 Å². The fourth-order valence-corrected chi connectivity index (χ4v) is 0.789. The number of hydrogen-bond donors (Lipinski definition) is 1. The topological polar surface area (TPSA) is 80.5 Å². The second-order valence-corrected chi connectivity index (χ2v) is 3.36. The Labute approximate surface area is 70.8 Å². The summed E-state index contributed by atoms with van der Waals surface area (Å²) in [4.78, 5) is 1.43. The molecular weight excluding hydrogens is 154 g/mol. The Balaban J connectivity index is 2.72. The summed E-state index contributed by atoms with van der Waals surface area (Å²) in [6, 6.07) is 1.90. The smallest absolute Gasteiger partial charge is 0.182 e. The summed E-state index contributed by atoms with van der Waals surface area (Å²) >= 11 is 0. The standard InChI is InChI=1S/C7H11N5/c1-7(2,9)5-12-10-4-6(3-8)11-12/h4H,5,9H2,1-2H3. The molecule has 0 saturated carbocycles. The third-order valence-electron chi connectivity index (χ3n) is 1.20. The van der Waals surface area contributed by atoms with E-state index in [0.29, 0.717) is 12.2 Å². The van der Waals surface area contributed by atoms with Crippen LogP contribution in [0, 0.1) is 11.3 Å². The molecule has 0 spiro atoms. The lowest BCUT2D eigenvalue weighted by molar-refractivity contribution is 0.377. The summed E-state index contributed by atoms with van der Waals surface area (Å²) < 4.78 is 0. The third-order valence-corrected chi connectivity index (χ3v) is 1.20. The van der Waals surface area contributed by atoms with Crippen LogP contribution in [-0.2, 0) is 6.54 Å². The maximum absolute atomic E-state index is 8.45. The molecular formula is C7H11N5. The Morgan fingerprint density at radius 1 is 1.75 bits per heavy atom. The number of nitrogens with two attached hydrogens (primary N) is 1. The van der Waals surface area contributed by atoms with Gasteiger partial charge in [-0.1, -0.05) is 0 Å². The summed E-state index contributed by atoms with van der Waals surface area (Å²) in [5, 5.41) is 16.2. The zero-order chi connectivity index (χ0) is 9.19. The molecule has 0 atom stereocenters. The fraction of sp³-hybridized carbons (Fsp3) is 0.571. The molecule has 0 radical (unpaired) electrons. The summed E-state index contributed by atoms with van der Waals surface area (Å²) in [6.45, 7) is 4.26. The minimum Gasteiger partial charge on any atom is -0.324 e. The van der Waals surface area contributed by atoms with Crippen LogP contribution in [0.3, 0.4) is 0 Å². The highest BCUT2D eigenvalue weighted by atomic mass is 15.5. The number of rotatable bonds is 2. The van der Waals surface area contributed by atoms with E-state index in [1.807, 2.05) is 19.9 Å². The molecule has 0 aliphatic rings. The number of aromatic nitrogens is 3. The highest BCUT2D eigenvalue weighted by Gasteiger charge is 2.12. The van der Waals surface area contributed by atoms with Crippen LogP contribution >= 0.6 is 0 Å². The predicted molar refractivity (Wildman–Crippen MR) is 43.0 cm³/mol. The maximum Gasteiger partial charge on any atom is 0.182 e. The van der Waals surface area contributed by atoms with Gasteiger partial charge in [-0.05, 0) is 13.8 Å². The van der Waals surface area contributed by atoms with Crippen molar-refractivity contribution < 1.29 is 0 Å². The Bertz CT molecular complexity index is 300. The molecule has 0 aliphatic heterocycles. The van der Waals surface area contributed by atoms with E-state index in [0.717, 1.165) is 0 Å². The number of hydrogen-bond acceptors (Lipinski definition) is 4. The van der Waals surface area contributed by atoms with Gasteiger partial charge in [-0.2, -0.15) is 15.2 Å². The van der Waals surface area contributed by atoms with Crippen LogP contribution in [0.4, 0.5) is 0 Å². The molecule has 0 unspecified atom stereocenters. The summed E-state index contributed by atoms with van der Waals surface area (Å²) in [7, 11) is 0. The van der Waals surface area contributed by atoms with Gasteiger partial charge in [-0.3, -0.25) is 0 Å². The van der Waals surface area contributed by atoms with Crippen molar-refractivity contribution in [1.29, 1.82) is 5.26 Å². The van der Waals surface area contributed by atoms with Crippen molar-refractivity contribution in [3.05, 3.63) is 11.9 Å². The molecule has 5 heteroatoms. The molecule has 1 aromatic rings. The van der Waals surface area contributed by atoms with Crippen LogP contribution in [0.2, 0.25) is 0 Å². The summed E-state index contributed by atoms with van der Waals surface area (Å²) in [5.74, 6) is 0. The molecule has 1 aromatic heterocycles. The van der Waals surface area contributed by atoms with Gasteiger partial charge < -0.3 is 5.73 Å². The van der Waals surface area contributed by atoms with E-state index in [9.17, 15) is 0 Å². The SMILES string of the molecule is CC(C)(N)Cn1ncc(C#N)n1. The number of nitrogens with zero attached hydrogens (tertiary/aromatic N) is 4. The van der Waals surface area contributed by atoms with E-state index in [-0.39, 0.29) is 5.54 Å². The second-order valence-electron chi connectivity index (χ2n) is 3.36. The second kappa shape index (κ2) is 2.91. The van der Waals surface area contributed by atoms with E-state index >= 15 is 0 Å². The fourth-order valence-electron chi connectivity index (χ4n) is 0.789. The predicted octanol–water partition coefficient (Wildman–Crippen LogP) is -0.113. The van der Waals surface area contributed by atoms with Gasteiger partial charge in [0.15, 0.2) is 5.69 Å². The minimum absolute atomic E-state index is 0.319. The van der Waals surface area contributed by atoms with Crippen molar-refractivity contribution in [2.45, 2.75) is 25.9 Å². The molecule has 5 nitrogen and oxygen atoms in total. The monoisotopic (exact) mass is 165 g/mol. The lowest BCUT2D eigenvalue weighted by Gasteiger charge is -2.16. The van der Waals surface area contributed by atoms with Crippen LogP contribution in [0.1, 0.15) is 19.5 Å². The quantitative estimate of drug-likeness (QED) is 0.662. The van der Waals surface area contributed by atoms with E-state index in [1.165, 1.54) is 11.0 Å². The van der Waals surface area contributed by atoms with Crippen LogP contribution in [0.25, 0.3) is 0 Å². The molecule has 0 aliphatic carbocycles. The average Bonchev–Trinajstić information content (AvgIpc) is 2.32. The summed E-state index contributed by atoms with van der Waals surface area (Å²) in [6.07, 6.45) is 1.42. The normalized spacial score (nSPS) is 11.2. The van der Waals surface area contributed by atoms with Crippen molar-refractivity contribution >= 4 is 0 Å². The Hall–Kier alpha value is -1.41. The third kappa shape index (κ3) is 2.32. The first-order chi connectivity index (χ1) is 5.51. The van der Waals surface area contributed by atoms with Gasteiger partial charge in [0, 0.05) is 5.54 Å². The van der Waals surface area contributed by atoms with Crippen LogP contribution in [0.15, 0.2) is 6.20 Å². The van der Waals surface area contributed by atoms with Gasteiger partial charge >= 0.3 is 0 Å². The molecule has 0 bridgehead atoms. The Morgan fingerprint density at radius 2 is 2.42 bits per heavy atom. The highest BCUT2D eigenvalue weighted by molar-refractivity contribution is 5.12. The van der Waals surface area contributed by atoms with Gasteiger partial charge in [0.2, 0.25) is 0 Å². The van der Waals surface area contributed by atoms with Gasteiger partial charge in [0.25, 0.3) is 0 Å². The zero-order valence-electron chi connectivity index (χ0n) is 7.15. The highest BCUT2D eigenvalue weighted by Crippen LogP contribution is 1.99. The lowest BCUT2D eigenvalue weighted by Crippen LogP contribution is -2.37. The number of nitriles is 1. The van der Waals surface area contributed by atoms with E-state index in [4.69, 9.17) is 11.0 Å². The largest absolute Gasteiger partial charge is 0.324 e. The van der Waals surface area contributed by atoms with Crippen LogP contribution < -0.4 is 5.73 Å². The molecule has 12 heavy (non-hydrogen) atoms. The van der Waals surface area contributed by atoms with Crippen molar-refractivity contribution in [3.8, 4) is 6.07 Å². The molecule has 1 heterocycles. The van der Waals surface area contributed by atoms with Gasteiger partial charge in [-0.25, -0.2) is 0 Å². The minimum atomic E-state index is -0.355. The molecule has 1 rings (SSSR count). The average molecular weight is 165 g/mol. The van der Waals surface area contributed by atoms with Gasteiger partial charge in [0.1, 0.15) is 6.07 Å². The van der Waals surface area contributed by atoms with E-state index in [1.54, 1.807) is 0 Å². The van der Waals surface area contributed by atoms with Crippen molar-refractivity contribution in [2.75, 3.05) is 0 Å². The molecule has 2 N–H and O–H groups in total. The molecule has 0 amide bonds. The first-order valence-electron chi connectivity index (χ1n) is 3.60. The van der Waals surface area contributed by atoms with Crippen molar-refractivity contribution in [2.24, 2.45) is 5.73 Å². The van der Waals surface area contributed by atoms with E-state index in [2.05, 4.69) is 10.2 Å².